The minimum absolute atomic E-state index is 0.109. The maximum Gasteiger partial charge on any atom is 0.272 e. The Kier molecular flexibility index (Phi) is 3.65. The molecule has 0 bridgehead atoms. The third-order valence-corrected chi connectivity index (χ3v) is 2.40. The number of hydrogen-bond acceptors (Lipinski definition) is 3. The van der Waals surface area contributed by atoms with Crippen LogP contribution in [0.1, 0.15) is 34.8 Å². The van der Waals surface area contributed by atoms with Crippen molar-refractivity contribution in [2.45, 2.75) is 13.8 Å². The molecule has 0 spiro atoms. The van der Waals surface area contributed by atoms with Crippen molar-refractivity contribution in [3.63, 3.8) is 0 Å². The van der Waals surface area contributed by atoms with E-state index in [4.69, 9.17) is 5.73 Å². The Labute approximate surface area is 94.0 Å². The fourth-order valence-corrected chi connectivity index (χ4v) is 1.46. The SMILES string of the molecule is CCN(CC)C(=O)c1cc(C(N)=O)nn1C. The van der Waals surface area contributed by atoms with Gasteiger partial charge in [0.05, 0.1) is 0 Å². The van der Waals surface area contributed by atoms with Gasteiger partial charge >= 0.3 is 0 Å². The summed E-state index contributed by atoms with van der Waals surface area (Å²) in [6.07, 6.45) is 0. The van der Waals surface area contributed by atoms with Gasteiger partial charge in [0.15, 0.2) is 5.69 Å². The highest BCUT2D eigenvalue weighted by Gasteiger charge is 2.19. The van der Waals surface area contributed by atoms with Gasteiger partial charge in [-0.3, -0.25) is 14.3 Å². The van der Waals surface area contributed by atoms with Crippen LogP contribution in [0.5, 0.6) is 0 Å². The van der Waals surface area contributed by atoms with Gasteiger partial charge in [-0.05, 0) is 13.8 Å². The lowest BCUT2D eigenvalue weighted by Crippen LogP contribution is -2.31. The Hall–Kier alpha value is -1.85. The number of aryl methyl sites for hydroxylation is 1. The van der Waals surface area contributed by atoms with Crippen molar-refractivity contribution in [3.8, 4) is 0 Å². The molecule has 1 aromatic rings. The average molecular weight is 224 g/mol. The molecular weight excluding hydrogens is 208 g/mol. The Morgan fingerprint density at radius 2 is 2.00 bits per heavy atom. The lowest BCUT2D eigenvalue weighted by Gasteiger charge is -2.18. The van der Waals surface area contributed by atoms with Gasteiger partial charge in [0, 0.05) is 26.2 Å². The fraction of sp³-hybridized carbons (Fsp3) is 0.500. The monoisotopic (exact) mass is 224 g/mol. The van der Waals surface area contributed by atoms with Crippen LogP contribution < -0.4 is 5.73 Å². The minimum Gasteiger partial charge on any atom is -0.364 e. The van der Waals surface area contributed by atoms with Crippen molar-refractivity contribution < 1.29 is 9.59 Å². The first-order valence-electron chi connectivity index (χ1n) is 5.14. The summed E-state index contributed by atoms with van der Waals surface area (Å²) in [5.41, 5.74) is 5.58. The molecule has 6 heteroatoms. The molecular formula is C10H16N4O2. The molecule has 0 radical (unpaired) electrons. The van der Waals surface area contributed by atoms with E-state index < -0.39 is 5.91 Å². The Morgan fingerprint density at radius 3 is 2.38 bits per heavy atom. The first-order chi connectivity index (χ1) is 7.51. The van der Waals surface area contributed by atoms with Crippen LogP contribution in [0.4, 0.5) is 0 Å². The summed E-state index contributed by atoms with van der Waals surface area (Å²) < 4.78 is 1.38. The van der Waals surface area contributed by atoms with E-state index in [0.717, 1.165) is 0 Å². The molecule has 0 unspecified atom stereocenters. The van der Waals surface area contributed by atoms with Crippen molar-refractivity contribution in [2.75, 3.05) is 13.1 Å². The number of nitrogens with zero attached hydrogens (tertiary/aromatic N) is 3. The van der Waals surface area contributed by atoms with Gasteiger partial charge < -0.3 is 10.6 Å². The second kappa shape index (κ2) is 4.78. The number of carbonyl (C=O) groups is 2. The Bertz CT molecular complexity index is 407. The Balaban J connectivity index is 3.04. The standard InChI is InChI=1S/C10H16N4O2/c1-4-14(5-2)10(16)8-6-7(9(11)15)12-13(8)3/h6H,4-5H2,1-3H3,(H2,11,15). The third-order valence-electron chi connectivity index (χ3n) is 2.40. The highest BCUT2D eigenvalue weighted by atomic mass is 16.2. The molecule has 2 N–H and O–H groups in total. The van der Waals surface area contributed by atoms with Gasteiger partial charge in [0.2, 0.25) is 0 Å². The zero-order chi connectivity index (χ0) is 12.3. The Morgan fingerprint density at radius 1 is 1.44 bits per heavy atom. The summed E-state index contributed by atoms with van der Waals surface area (Å²) in [4.78, 5) is 24.6. The normalized spacial score (nSPS) is 10.2. The molecule has 0 fully saturated rings. The molecule has 0 aliphatic carbocycles. The summed E-state index contributed by atoms with van der Waals surface area (Å²) >= 11 is 0. The highest BCUT2D eigenvalue weighted by Crippen LogP contribution is 2.06. The maximum atomic E-state index is 12.0. The van der Waals surface area contributed by atoms with E-state index in [9.17, 15) is 9.59 Å². The van der Waals surface area contributed by atoms with Gasteiger partial charge in [0.25, 0.3) is 11.8 Å². The summed E-state index contributed by atoms with van der Waals surface area (Å²) in [6, 6.07) is 1.42. The molecule has 0 atom stereocenters. The zero-order valence-electron chi connectivity index (χ0n) is 9.73. The molecule has 1 heterocycles. The van der Waals surface area contributed by atoms with Gasteiger partial charge in [0.1, 0.15) is 5.69 Å². The molecule has 6 nitrogen and oxygen atoms in total. The topological polar surface area (TPSA) is 81.2 Å². The van der Waals surface area contributed by atoms with Crippen LogP contribution in [0.2, 0.25) is 0 Å². The molecule has 0 aromatic carbocycles. The van der Waals surface area contributed by atoms with E-state index in [-0.39, 0.29) is 11.6 Å². The van der Waals surface area contributed by atoms with E-state index in [1.165, 1.54) is 10.7 Å². The number of primary amides is 1. The van der Waals surface area contributed by atoms with Gasteiger partial charge in [-0.1, -0.05) is 0 Å². The van der Waals surface area contributed by atoms with Crippen molar-refractivity contribution in [1.29, 1.82) is 0 Å². The highest BCUT2D eigenvalue weighted by molar-refractivity contribution is 5.97. The quantitative estimate of drug-likeness (QED) is 0.781. The van der Waals surface area contributed by atoms with Crippen LogP contribution in [0, 0.1) is 0 Å². The van der Waals surface area contributed by atoms with Crippen LogP contribution in [-0.2, 0) is 7.05 Å². The van der Waals surface area contributed by atoms with Crippen molar-refractivity contribution in [1.82, 2.24) is 14.7 Å². The average Bonchev–Trinajstić information content (AvgIpc) is 2.62. The summed E-state index contributed by atoms with van der Waals surface area (Å²) in [5, 5.41) is 3.88. The molecule has 0 saturated heterocycles. The van der Waals surface area contributed by atoms with Crippen LogP contribution in [0.25, 0.3) is 0 Å². The lowest BCUT2D eigenvalue weighted by atomic mass is 10.3. The molecule has 1 aromatic heterocycles. The molecule has 0 aliphatic heterocycles. The van der Waals surface area contributed by atoms with Crippen molar-refractivity contribution in [3.05, 3.63) is 17.5 Å². The molecule has 0 aliphatic rings. The number of rotatable bonds is 4. The van der Waals surface area contributed by atoms with Crippen LogP contribution in [0.15, 0.2) is 6.07 Å². The van der Waals surface area contributed by atoms with Gasteiger partial charge in [-0.2, -0.15) is 5.10 Å². The molecule has 1 rings (SSSR count). The second-order valence-electron chi connectivity index (χ2n) is 3.38. The van der Waals surface area contributed by atoms with Gasteiger partial charge in [-0.25, -0.2) is 0 Å². The number of carbonyl (C=O) groups excluding carboxylic acids is 2. The number of hydrogen-bond donors (Lipinski definition) is 1. The largest absolute Gasteiger partial charge is 0.364 e. The molecule has 0 saturated carbocycles. The predicted molar refractivity (Wildman–Crippen MR) is 59.0 cm³/mol. The molecule has 2 amide bonds. The minimum atomic E-state index is -0.630. The molecule has 16 heavy (non-hydrogen) atoms. The second-order valence-corrected chi connectivity index (χ2v) is 3.38. The number of amides is 2. The van der Waals surface area contributed by atoms with Crippen LogP contribution in [-0.4, -0.2) is 39.6 Å². The number of nitrogens with two attached hydrogens (primary N) is 1. The van der Waals surface area contributed by atoms with Crippen molar-refractivity contribution >= 4 is 11.8 Å². The predicted octanol–water partition coefficient (Wildman–Crippen LogP) is 0.00100. The first kappa shape index (κ1) is 12.2. The van der Waals surface area contributed by atoms with E-state index in [1.807, 2.05) is 13.8 Å². The summed E-state index contributed by atoms with van der Waals surface area (Å²) in [6.45, 7) is 5.03. The van der Waals surface area contributed by atoms with Gasteiger partial charge in [-0.15, -0.1) is 0 Å². The molecule has 88 valence electrons. The third kappa shape index (κ3) is 2.21. The van der Waals surface area contributed by atoms with Crippen LogP contribution in [0.3, 0.4) is 0 Å². The maximum absolute atomic E-state index is 12.0. The smallest absolute Gasteiger partial charge is 0.272 e. The van der Waals surface area contributed by atoms with E-state index in [1.54, 1.807) is 11.9 Å². The zero-order valence-corrected chi connectivity index (χ0v) is 9.73. The number of aromatic nitrogens is 2. The van der Waals surface area contributed by atoms with E-state index >= 15 is 0 Å². The summed E-state index contributed by atoms with van der Waals surface area (Å²) in [7, 11) is 1.61. The van der Waals surface area contributed by atoms with Crippen LogP contribution >= 0.6 is 0 Å². The fourth-order valence-electron chi connectivity index (χ4n) is 1.46. The summed E-state index contributed by atoms with van der Waals surface area (Å²) in [5.74, 6) is -0.776. The lowest BCUT2D eigenvalue weighted by molar-refractivity contribution is 0.0762. The first-order valence-corrected chi connectivity index (χ1v) is 5.14. The van der Waals surface area contributed by atoms with Crippen molar-refractivity contribution in [2.24, 2.45) is 12.8 Å². The van der Waals surface area contributed by atoms with E-state index in [0.29, 0.717) is 18.8 Å². The van der Waals surface area contributed by atoms with E-state index in [2.05, 4.69) is 5.10 Å².